The van der Waals surface area contributed by atoms with Gasteiger partial charge in [0.05, 0.1) is 6.61 Å². The van der Waals surface area contributed by atoms with Crippen LogP contribution in [-0.4, -0.2) is 29.0 Å². The molecule has 1 fully saturated rings. The van der Waals surface area contributed by atoms with Crippen molar-refractivity contribution >= 4 is 27.7 Å². The van der Waals surface area contributed by atoms with E-state index in [0.717, 1.165) is 30.3 Å². The molecule has 1 aliphatic rings. The Kier molecular flexibility index (Phi) is 5.75. The highest BCUT2D eigenvalue weighted by Gasteiger charge is 2.38. The van der Waals surface area contributed by atoms with Crippen LogP contribution in [0.5, 0.6) is 0 Å². The van der Waals surface area contributed by atoms with Crippen molar-refractivity contribution in [1.82, 2.24) is 5.32 Å². The Morgan fingerprint density at radius 3 is 3.05 bits per heavy atom. The highest BCUT2D eigenvalue weighted by atomic mass is 79.9. The molecule has 2 N–H and O–H groups in total. The van der Waals surface area contributed by atoms with Crippen LogP contribution in [-0.2, 0) is 0 Å². The van der Waals surface area contributed by atoms with Gasteiger partial charge in [-0.05, 0) is 50.4 Å². The molecule has 2 unspecified atom stereocenters. The molecule has 0 amide bonds. The van der Waals surface area contributed by atoms with E-state index in [-0.39, 0.29) is 12.1 Å². The van der Waals surface area contributed by atoms with Gasteiger partial charge in [-0.2, -0.15) is 0 Å². The Morgan fingerprint density at radius 2 is 2.37 bits per heavy atom. The van der Waals surface area contributed by atoms with E-state index in [2.05, 4.69) is 52.4 Å². The number of aliphatic hydroxyl groups is 1. The van der Waals surface area contributed by atoms with Crippen LogP contribution >= 0.6 is 27.7 Å². The summed E-state index contributed by atoms with van der Waals surface area (Å²) in [6, 6.07) is 8.46. The summed E-state index contributed by atoms with van der Waals surface area (Å²) in [6.45, 7) is 3.41. The number of halogens is 1. The van der Waals surface area contributed by atoms with Crippen molar-refractivity contribution in [2.45, 2.75) is 48.3 Å². The highest BCUT2D eigenvalue weighted by molar-refractivity contribution is 9.10. The second-order valence-electron chi connectivity index (χ2n) is 5.31. The lowest BCUT2D eigenvalue weighted by Crippen LogP contribution is -2.46. The van der Waals surface area contributed by atoms with E-state index in [1.807, 2.05) is 11.8 Å². The number of hydrogen-bond acceptors (Lipinski definition) is 3. The van der Waals surface area contributed by atoms with Gasteiger partial charge in [0, 0.05) is 20.2 Å². The molecular formula is C15H22BrNOS. The third-order valence-corrected chi connectivity index (χ3v) is 5.47. The minimum absolute atomic E-state index is 0.0420. The Bertz CT molecular complexity index is 415. The average Bonchev–Trinajstić information content (AvgIpc) is 2.80. The van der Waals surface area contributed by atoms with Gasteiger partial charge in [-0.3, -0.25) is 0 Å². The van der Waals surface area contributed by atoms with Crippen LogP contribution in [0.3, 0.4) is 0 Å². The number of benzene rings is 1. The molecule has 2 rings (SSSR count). The molecule has 0 spiro atoms. The minimum atomic E-state index is -0.0420. The molecule has 0 aromatic heterocycles. The van der Waals surface area contributed by atoms with Crippen LogP contribution < -0.4 is 5.32 Å². The van der Waals surface area contributed by atoms with Crippen LogP contribution in [0.2, 0.25) is 0 Å². The number of thioether (sulfide) groups is 1. The largest absolute Gasteiger partial charge is 0.394 e. The van der Waals surface area contributed by atoms with Crippen molar-refractivity contribution in [3.8, 4) is 0 Å². The van der Waals surface area contributed by atoms with E-state index in [4.69, 9.17) is 0 Å². The summed E-state index contributed by atoms with van der Waals surface area (Å²) in [5.74, 6) is 0. The second-order valence-corrected chi connectivity index (χ2v) is 7.59. The van der Waals surface area contributed by atoms with Gasteiger partial charge in [-0.15, -0.1) is 11.8 Å². The molecule has 1 aliphatic carbocycles. The zero-order chi connectivity index (χ0) is 13.7. The van der Waals surface area contributed by atoms with E-state index in [9.17, 15) is 5.11 Å². The molecule has 2 nitrogen and oxygen atoms in total. The first kappa shape index (κ1) is 15.4. The predicted molar refractivity (Wildman–Crippen MR) is 85.7 cm³/mol. The maximum absolute atomic E-state index is 9.69. The lowest BCUT2D eigenvalue weighted by Gasteiger charge is -2.28. The Morgan fingerprint density at radius 1 is 1.53 bits per heavy atom. The molecular weight excluding hydrogens is 322 g/mol. The van der Waals surface area contributed by atoms with Gasteiger partial charge in [0.1, 0.15) is 0 Å². The quantitative estimate of drug-likeness (QED) is 0.823. The first-order valence-corrected chi connectivity index (χ1v) is 8.63. The van der Waals surface area contributed by atoms with E-state index >= 15 is 0 Å². The molecule has 2 atom stereocenters. The molecule has 0 bridgehead atoms. The van der Waals surface area contributed by atoms with Gasteiger partial charge in [-0.25, -0.2) is 0 Å². The maximum atomic E-state index is 9.69. The van der Waals surface area contributed by atoms with Crippen LogP contribution in [0.25, 0.3) is 0 Å². The smallest absolute Gasteiger partial charge is 0.0613 e. The summed E-state index contributed by atoms with van der Waals surface area (Å²) in [6.07, 6.45) is 4.43. The highest BCUT2D eigenvalue weighted by Crippen LogP contribution is 2.40. The van der Waals surface area contributed by atoms with Gasteiger partial charge < -0.3 is 10.4 Å². The third kappa shape index (κ3) is 4.22. The molecule has 19 heavy (non-hydrogen) atoms. The van der Waals surface area contributed by atoms with Crippen molar-refractivity contribution in [3.05, 3.63) is 28.7 Å². The minimum Gasteiger partial charge on any atom is -0.394 e. The van der Waals surface area contributed by atoms with E-state index in [1.165, 1.54) is 11.3 Å². The van der Waals surface area contributed by atoms with Crippen molar-refractivity contribution in [1.29, 1.82) is 0 Å². The third-order valence-electron chi connectivity index (χ3n) is 3.71. The molecule has 4 heteroatoms. The summed E-state index contributed by atoms with van der Waals surface area (Å²) >= 11 is 5.45. The van der Waals surface area contributed by atoms with Crippen LogP contribution in [0.1, 0.15) is 32.6 Å². The van der Waals surface area contributed by atoms with Gasteiger partial charge in [0.25, 0.3) is 0 Å². The van der Waals surface area contributed by atoms with Crippen LogP contribution in [0.4, 0.5) is 0 Å². The number of hydrogen-bond donors (Lipinski definition) is 2. The molecule has 0 radical (unpaired) electrons. The molecule has 0 saturated heterocycles. The Balaban J connectivity index is 1.93. The first-order valence-electron chi connectivity index (χ1n) is 6.95. The molecule has 0 aliphatic heterocycles. The Hall–Kier alpha value is -0.0300. The zero-order valence-electron chi connectivity index (χ0n) is 11.4. The monoisotopic (exact) mass is 343 g/mol. The fourth-order valence-electron chi connectivity index (χ4n) is 2.66. The SMILES string of the molecule is CCCNC1(CO)CCC(Sc2cccc(Br)c2)C1. The van der Waals surface area contributed by atoms with Crippen LogP contribution in [0.15, 0.2) is 33.6 Å². The molecule has 1 saturated carbocycles. The van der Waals surface area contributed by atoms with Gasteiger partial charge >= 0.3 is 0 Å². The van der Waals surface area contributed by atoms with Crippen molar-refractivity contribution in [2.75, 3.05) is 13.2 Å². The topological polar surface area (TPSA) is 32.3 Å². The van der Waals surface area contributed by atoms with Crippen molar-refractivity contribution in [2.24, 2.45) is 0 Å². The lowest BCUT2D eigenvalue weighted by molar-refractivity contribution is 0.165. The standard InChI is InChI=1S/C15H22BrNOS/c1-2-8-17-15(11-18)7-6-14(10-15)19-13-5-3-4-12(16)9-13/h3-5,9,14,17-18H,2,6-8,10-11H2,1H3. The van der Waals surface area contributed by atoms with Crippen LogP contribution in [0, 0.1) is 0 Å². The Labute approximate surface area is 128 Å². The van der Waals surface area contributed by atoms with E-state index in [1.54, 1.807) is 0 Å². The fourth-order valence-corrected chi connectivity index (χ4v) is 4.59. The summed E-state index contributed by atoms with van der Waals surface area (Å²) in [5, 5.41) is 13.8. The summed E-state index contributed by atoms with van der Waals surface area (Å²) < 4.78 is 1.13. The second kappa shape index (κ2) is 7.11. The number of rotatable bonds is 6. The van der Waals surface area contributed by atoms with Gasteiger partial charge in [-0.1, -0.05) is 28.9 Å². The summed E-state index contributed by atoms with van der Waals surface area (Å²) in [4.78, 5) is 1.31. The molecule has 1 aromatic rings. The van der Waals surface area contributed by atoms with Crippen molar-refractivity contribution in [3.63, 3.8) is 0 Å². The zero-order valence-corrected chi connectivity index (χ0v) is 13.8. The summed E-state index contributed by atoms with van der Waals surface area (Å²) in [5.41, 5.74) is -0.0420. The van der Waals surface area contributed by atoms with Gasteiger partial charge in [0.15, 0.2) is 0 Å². The maximum Gasteiger partial charge on any atom is 0.0613 e. The predicted octanol–water partition coefficient (Wildman–Crippen LogP) is 3.82. The number of aliphatic hydroxyl groups excluding tert-OH is 1. The first-order chi connectivity index (χ1) is 9.17. The molecule has 106 valence electrons. The fraction of sp³-hybridized carbons (Fsp3) is 0.600. The average molecular weight is 344 g/mol. The molecule has 0 heterocycles. The molecule has 1 aromatic carbocycles. The normalized spacial score (nSPS) is 26.8. The van der Waals surface area contributed by atoms with Gasteiger partial charge in [0.2, 0.25) is 0 Å². The number of nitrogens with one attached hydrogen (secondary N) is 1. The van der Waals surface area contributed by atoms with Crippen molar-refractivity contribution < 1.29 is 5.11 Å². The summed E-state index contributed by atoms with van der Waals surface area (Å²) in [7, 11) is 0. The lowest BCUT2D eigenvalue weighted by atomic mass is 9.99. The van der Waals surface area contributed by atoms with E-state index < -0.39 is 0 Å². The van der Waals surface area contributed by atoms with E-state index in [0.29, 0.717) is 5.25 Å².